The SMILES string of the molecule is CCCCCCc1cc2c(cc1CP(Br)(c1ccccc1)(c1ccccc1)c1ccccc1)C(C)(C)CCC2(C)C. The van der Waals surface area contributed by atoms with Crippen LogP contribution in [0.1, 0.15) is 95.4 Å². The molecule has 0 fully saturated rings. The van der Waals surface area contributed by atoms with Crippen molar-refractivity contribution < 1.29 is 0 Å². The Balaban J connectivity index is 1.81. The molecule has 2 heteroatoms. The molecule has 41 heavy (non-hydrogen) atoms. The molecule has 1 aliphatic carbocycles. The Morgan fingerprint density at radius 2 is 1.00 bits per heavy atom. The number of rotatable bonds is 10. The standard InChI is InChI=1S/C39H48BrP/c1-6-7-8-12-19-31-28-36-37(39(4,5)27-26-38(36,2)3)29-32(31)30-41(40,33-20-13-9-14-21-33,34-22-15-10-16-23-34)35-24-17-11-18-25-35/h9-11,13-18,20-25,28-29H,6-8,12,19,26-27,30H2,1-5H3. The molecular formula is C39H48BrP. The topological polar surface area (TPSA) is 0 Å². The monoisotopic (exact) mass is 626 g/mol. The van der Waals surface area contributed by atoms with Gasteiger partial charge in [0.25, 0.3) is 0 Å². The first-order valence-corrected chi connectivity index (χ1v) is 20.1. The summed E-state index contributed by atoms with van der Waals surface area (Å²) in [6.45, 7) is 12.2. The first-order valence-electron chi connectivity index (χ1n) is 15.7. The summed E-state index contributed by atoms with van der Waals surface area (Å²) in [5, 5.41) is 1.09. The molecule has 0 spiro atoms. The number of benzene rings is 4. The molecule has 0 aromatic heterocycles. The Morgan fingerprint density at radius 1 is 0.585 bits per heavy atom. The van der Waals surface area contributed by atoms with E-state index < -0.39 is 5.31 Å². The Labute approximate surface area is 257 Å². The molecule has 4 aromatic carbocycles. The molecule has 0 aliphatic heterocycles. The summed E-state index contributed by atoms with van der Waals surface area (Å²) in [5.74, 6) is 0. The van der Waals surface area contributed by atoms with E-state index in [1.807, 2.05) is 0 Å². The van der Waals surface area contributed by atoms with Crippen molar-refractivity contribution in [2.75, 3.05) is 0 Å². The van der Waals surface area contributed by atoms with E-state index in [1.165, 1.54) is 60.0 Å². The van der Waals surface area contributed by atoms with Gasteiger partial charge in [-0.15, -0.1) is 0 Å². The molecule has 216 valence electrons. The van der Waals surface area contributed by atoms with Crippen molar-refractivity contribution in [1.29, 1.82) is 0 Å². The number of unbranched alkanes of at least 4 members (excludes halogenated alkanes) is 3. The van der Waals surface area contributed by atoms with Gasteiger partial charge in [0.05, 0.1) is 0 Å². The van der Waals surface area contributed by atoms with Crippen LogP contribution in [0.25, 0.3) is 0 Å². The van der Waals surface area contributed by atoms with Gasteiger partial charge in [-0.05, 0) is 0 Å². The second-order valence-corrected chi connectivity index (χ2v) is 22.5. The molecule has 0 saturated heterocycles. The zero-order valence-electron chi connectivity index (χ0n) is 25.8. The third-order valence-electron chi connectivity index (χ3n) is 9.82. The molecule has 0 heterocycles. The van der Waals surface area contributed by atoms with Crippen LogP contribution in [0.3, 0.4) is 0 Å². The third kappa shape index (κ3) is 5.62. The molecule has 0 saturated carbocycles. The van der Waals surface area contributed by atoms with Crippen molar-refractivity contribution in [3.63, 3.8) is 0 Å². The van der Waals surface area contributed by atoms with Crippen LogP contribution in [0, 0.1) is 0 Å². The average Bonchev–Trinajstić information content (AvgIpc) is 2.99. The van der Waals surface area contributed by atoms with Gasteiger partial charge < -0.3 is 0 Å². The zero-order valence-corrected chi connectivity index (χ0v) is 28.3. The Kier molecular flexibility index (Phi) is 8.72. The van der Waals surface area contributed by atoms with E-state index in [4.69, 9.17) is 15.5 Å². The molecule has 0 atom stereocenters. The van der Waals surface area contributed by atoms with E-state index in [0.717, 1.165) is 12.6 Å². The normalized spacial score (nSPS) is 16.9. The van der Waals surface area contributed by atoms with Crippen LogP contribution < -0.4 is 15.9 Å². The van der Waals surface area contributed by atoms with Crippen LogP contribution in [0.15, 0.2) is 103 Å². The summed E-state index contributed by atoms with van der Waals surface area (Å²) in [6.07, 6.45) is 9.74. The molecule has 0 nitrogen and oxygen atoms in total. The minimum absolute atomic E-state index is 0.176. The first kappa shape index (κ1) is 30.3. The molecule has 1 aliphatic rings. The van der Waals surface area contributed by atoms with Crippen molar-refractivity contribution in [3.8, 4) is 0 Å². The van der Waals surface area contributed by atoms with Crippen molar-refractivity contribution in [2.24, 2.45) is 0 Å². The van der Waals surface area contributed by atoms with E-state index in [9.17, 15) is 0 Å². The predicted molar refractivity (Wildman–Crippen MR) is 187 cm³/mol. The molecule has 0 amide bonds. The predicted octanol–water partition coefficient (Wildman–Crippen LogP) is 10.5. The average molecular weight is 628 g/mol. The zero-order chi connectivity index (χ0) is 29.2. The van der Waals surface area contributed by atoms with Crippen molar-refractivity contribution in [3.05, 3.63) is 125 Å². The molecule has 0 bridgehead atoms. The molecule has 0 radical (unpaired) electrons. The van der Waals surface area contributed by atoms with Gasteiger partial charge >= 0.3 is 259 Å². The minimum atomic E-state index is -3.09. The molecule has 0 N–H and O–H groups in total. The number of aryl methyl sites for hydroxylation is 1. The van der Waals surface area contributed by atoms with Gasteiger partial charge in [-0.2, -0.15) is 0 Å². The van der Waals surface area contributed by atoms with Crippen LogP contribution in [0.5, 0.6) is 0 Å². The summed E-state index contributed by atoms with van der Waals surface area (Å²) >= 11 is 4.76. The van der Waals surface area contributed by atoms with Crippen LogP contribution in [-0.4, -0.2) is 0 Å². The quantitative estimate of drug-likeness (QED) is 0.121. The maximum absolute atomic E-state index is 4.76. The van der Waals surface area contributed by atoms with Gasteiger partial charge in [0.15, 0.2) is 0 Å². The third-order valence-corrected chi connectivity index (χ3v) is 19.3. The van der Waals surface area contributed by atoms with Gasteiger partial charge in [-0.3, -0.25) is 0 Å². The number of fused-ring (bicyclic) bond motifs is 1. The Hall–Kier alpha value is -2.21. The van der Waals surface area contributed by atoms with Crippen LogP contribution in [0.2, 0.25) is 0 Å². The summed E-state index contributed by atoms with van der Waals surface area (Å²) in [6, 6.07) is 39.2. The van der Waals surface area contributed by atoms with Crippen molar-refractivity contribution >= 4 is 36.7 Å². The van der Waals surface area contributed by atoms with E-state index in [2.05, 4.69) is 138 Å². The van der Waals surface area contributed by atoms with E-state index in [-0.39, 0.29) is 10.8 Å². The Morgan fingerprint density at radius 3 is 1.41 bits per heavy atom. The van der Waals surface area contributed by atoms with Crippen LogP contribution >= 0.6 is 20.8 Å². The summed E-state index contributed by atoms with van der Waals surface area (Å²) in [5.41, 5.74) is 6.61. The van der Waals surface area contributed by atoms with Gasteiger partial charge in [-0.25, -0.2) is 0 Å². The van der Waals surface area contributed by atoms with E-state index >= 15 is 0 Å². The summed E-state index contributed by atoms with van der Waals surface area (Å²) < 4.78 is 0. The second kappa shape index (κ2) is 11.8. The fourth-order valence-electron chi connectivity index (χ4n) is 7.08. The maximum atomic E-state index is 4.76. The molecule has 5 rings (SSSR count). The molecular weight excluding hydrogens is 579 g/mol. The van der Waals surface area contributed by atoms with Crippen molar-refractivity contribution in [2.45, 2.75) is 96.6 Å². The molecule has 4 aromatic rings. The molecule has 0 unspecified atom stereocenters. The van der Waals surface area contributed by atoms with Gasteiger partial charge in [0.1, 0.15) is 0 Å². The first-order chi connectivity index (χ1) is 19.6. The number of halogens is 1. The van der Waals surface area contributed by atoms with Gasteiger partial charge in [0, 0.05) is 0 Å². The van der Waals surface area contributed by atoms with Crippen LogP contribution in [0.4, 0.5) is 0 Å². The number of hydrogen-bond donors (Lipinski definition) is 0. The van der Waals surface area contributed by atoms with Crippen molar-refractivity contribution in [1.82, 2.24) is 0 Å². The Bertz CT molecular complexity index is 1350. The van der Waals surface area contributed by atoms with E-state index in [0.29, 0.717) is 0 Å². The second-order valence-electron chi connectivity index (χ2n) is 13.6. The van der Waals surface area contributed by atoms with Gasteiger partial charge in [0.2, 0.25) is 0 Å². The van der Waals surface area contributed by atoms with E-state index in [1.54, 1.807) is 16.7 Å². The fraction of sp³-hybridized carbons (Fsp3) is 0.385. The summed E-state index contributed by atoms with van der Waals surface area (Å²) in [4.78, 5) is 0. The fourth-order valence-corrected chi connectivity index (χ4v) is 14.8. The van der Waals surface area contributed by atoms with Gasteiger partial charge in [-0.1, -0.05) is 0 Å². The van der Waals surface area contributed by atoms with Crippen LogP contribution in [-0.2, 0) is 23.4 Å². The summed E-state index contributed by atoms with van der Waals surface area (Å²) in [7, 11) is 0. The number of hydrogen-bond acceptors (Lipinski definition) is 0.